The van der Waals surface area contributed by atoms with Gasteiger partial charge in [-0.05, 0) is 12.8 Å². The Hall–Kier alpha value is -1.59. The number of hydrogen-bond acceptors (Lipinski definition) is 4. The van der Waals surface area contributed by atoms with Crippen LogP contribution in [0.1, 0.15) is 12.8 Å². The molecule has 14 heavy (non-hydrogen) atoms. The number of anilines is 1. The highest BCUT2D eigenvalue weighted by Crippen LogP contribution is 2.11. The molecule has 0 spiro atoms. The van der Waals surface area contributed by atoms with Gasteiger partial charge in [0.25, 0.3) is 0 Å². The third-order valence-electron chi connectivity index (χ3n) is 2.42. The molecule has 1 aromatic rings. The van der Waals surface area contributed by atoms with Crippen LogP contribution in [0.3, 0.4) is 0 Å². The standard InChI is InChI=1S/C8H12N4O2/c1-11-7(13)9-6(10-8(11)14)12-4-2-3-5-12/h2-5H2,1H3,(H,9,10,13,14). The van der Waals surface area contributed by atoms with E-state index in [2.05, 4.69) is 9.97 Å². The summed E-state index contributed by atoms with van der Waals surface area (Å²) in [4.78, 5) is 30.8. The molecule has 0 aromatic carbocycles. The molecule has 1 saturated heterocycles. The molecule has 0 saturated carbocycles. The topological polar surface area (TPSA) is 71.0 Å². The molecule has 0 atom stereocenters. The first kappa shape index (κ1) is 8.98. The van der Waals surface area contributed by atoms with Crippen LogP contribution in [-0.2, 0) is 7.05 Å². The molecule has 1 aliphatic heterocycles. The quantitative estimate of drug-likeness (QED) is 0.630. The summed E-state index contributed by atoms with van der Waals surface area (Å²) < 4.78 is 0.958. The zero-order valence-electron chi connectivity index (χ0n) is 7.99. The molecule has 0 bridgehead atoms. The van der Waals surface area contributed by atoms with Gasteiger partial charge >= 0.3 is 11.4 Å². The van der Waals surface area contributed by atoms with Gasteiger partial charge in [-0.3, -0.25) is 4.98 Å². The average molecular weight is 196 g/mol. The van der Waals surface area contributed by atoms with E-state index in [0.29, 0.717) is 5.95 Å². The summed E-state index contributed by atoms with van der Waals surface area (Å²) in [6.45, 7) is 1.71. The van der Waals surface area contributed by atoms with Crippen LogP contribution in [-0.4, -0.2) is 27.6 Å². The lowest BCUT2D eigenvalue weighted by Crippen LogP contribution is -2.37. The van der Waals surface area contributed by atoms with Crippen LogP contribution in [0.25, 0.3) is 0 Å². The summed E-state index contributed by atoms with van der Waals surface area (Å²) in [6, 6.07) is 0. The zero-order chi connectivity index (χ0) is 10.1. The van der Waals surface area contributed by atoms with Gasteiger partial charge in [-0.25, -0.2) is 14.2 Å². The molecule has 2 heterocycles. The van der Waals surface area contributed by atoms with Crippen molar-refractivity contribution in [2.24, 2.45) is 7.05 Å². The largest absolute Gasteiger partial charge is 0.354 e. The molecular formula is C8H12N4O2. The molecule has 2 rings (SSSR count). The van der Waals surface area contributed by atoms with Crippen LogP contribution < -0.4 is 16.3 Å². The minimum absolute atomic E-state index is 0.399. The van der Waals surface area contributed by atoms with E-state index in [4.69, 9.17) is 0 Å². The maximum atomic E-state index is 11.3. The molecule has 0 radical (unpaired) electrons. The predicted octanol–water partition coefficient (Wildman–Crippen LogP) is -0.931. The van der Waals surface area contributed by atoms with E-state index in [9.17, 15) is 9.59 Å². The van der Waals surface area contributed by atoms with Crippen molar-refractivity contribution in [3.8, 4) is 0 Å². The van der Waals surface area contributed by atoms with Crippen LogP contribution in [0.5, 0.6) is 0 Å². The van der Waals surface area contributed by atoms with Gasteiger partial charge in [0, 0.05) is 20.1 Å². The van der Waals surface area contributed by atoms with Crippen LogP contribution in [0.2, 0.25) is 0 Å². The van der Waals surface area contributed by atoms with Gasteiger partial charge in [0.1, 0.15) is 0 Å². The molecule has 6 heteroatoms. The minimum atomic E-state index is -0.504. The molecule has 6 nitrogen and oxygen atoms in total. The van der Waals surface area contributed by atoms with Crippen molar-refractivity contribution in [3.63, 3.8) is 0 Å². The number of nitrogens with one attached hydrogen (secondary N) is 1. The first-order chi connectivity index (χ1) is 6.68. The monoisotopic (exact) mass is 196 g/mol. The zero-order valence-corrected chi connectivity index (χ0v) is 7.99. The highest BCUT2D eigenvalue weighted by Gasteiger charge is 2.15. The van der Waals surface area contributed by atoms with Gasteiger partial charge in [0.2, 0.25) is 5.95 Å². The second kappa shape index (κ2) is 3.28. The number of rotatable bonds is 1. The summed E-state index contributed by atoms with van der Waals surface area (Å²) >= 11 is 0. The van der Waals surface area contributed by atoms with E-state index in [1.54, 1.807) is 0 Å². The third-order valence-corrected chi connectivity index (χ3v) is 2.42. The molecule has 76 valence electrons. The van der Waals surface area contributed by atoms with E-state index in [1.165, 1.54) is 7.05 Å². The van der Waals surface area contributed by atoms with Crippen LogP contribution in [0.4, 0.5) is 5.95 Å². The normalized spacial score (nSPS) is 16.2. The Bertz CT molecular complexity index is 410. The van der Waals surface area contributed by atoms with Crippen molar-refractivity contribution < 1.29 is 0 Å². The fourth-order valence-electron chi connectivity index (χ4n) is 1.54. The number of H-pyrrole nitrogens is 1. The smallest absolute Gasteiger partial charge is 0.342 e. The Morgan fingerprint density at radius 1 is 1.29 bits per heavy atom. The third kappa shape index (κ3) is 1.43. The van der Waals surface area contributed by atoms with Gasteiger partial charge in [-0.1, -0.05) is 0 Å². The molecule has 0 aliphatic carbocycles. The Balaban J connectivity index is 2.45. The average Bonchev–Trinajstić information content (AvgIpc) is 2.66. The van der Waals surface area contributed by atoms with Crippen molar-refractivity contribution in [1.82, 2.24) is 14.5 Å². The lowest BCUT2D eigenvalue weighted by atomic mass is 10.4. The summed E-state index contributed by atoms with van der Waals surface area (Å²) in [5, 5.41) is 0. The number of nitrogens with zero attached hydrogens (tertiary/aromatic N) is 3. The van der Waals surface area contributed by atoms with Crippen molar-refractivity contribution >= 4 is 5.95 Å². The fraction of sp³-hybridized carbons (Fsp3) is 0.625. The second-order valence-electron chi connectivity index (χ2n) is 3.40. The summed E-state index contributed by atoms with van der Waals surface area (Å²) in [5.74, 6) is 0.399. The van der Waals surface area contributed by atoms with Crippen molar-refractivity contribution in [2.75, 3.05) is 18.0 Å². The lowest BCUT2D eigenvalue weighted by Gasteiger charge is -2.14. The predicted molar refractivity (Wildman–Crippen MR) is 51.5 cm³/mol. The molecular weight excluding hydrogens is 184 g/mol. The summed E-state index contributed by atoms with van der Waals surface area (Å²) in [5.41, 5.74) is -0.914. The molecule has 0 unspecified atom stereocenters. The lowest BCUT2D eigenvalue weighted by molar-refractivity contribution is 0.713. The van der Waals surface area contributed by atoms with E-state index < -0.39 is 11.4 Å². The SMILES string of the molecule is Cn1c(=O)nc(N2CCCC2)[nH]c1=O. The maximum absolute atomic E-state index is 11.3. The van der Waals surface area contributed by atoms with E-state index in [1.807, 2.05) is 4.90 Å². The number of aromatic nitrogens is 3. The highest BCUT2D eigenvalue weighted by molar-refractivity contribution is 5.28. The Labute approximate surface area is 80.2 Å². The fourth-order valence-corrected chi connectivity index (χ4v) is 1.54. The van der Waals surface area contributed by atoms with Crippen molar-refractivity contribution in [3.05, 3.63) is 21.0 Å². The van der Waals surface area contributed by atoms with Gasteiger partial charge in [-0.15, -0.1) is 0 Å². The summed E-state index contributed by atoms with van der Waals surface area (Å²) in [7, 11) is 1.40. The van der Waals surface area contributed by atoms with E-state index in [-0.39, 0.29) is 0 Å². The Morgan fingerprint density at radius 3 is 2.50 bits per heavy atom. The van der Waals surface area contributed by atoms with Crippen LogP contribution >= 0.6 is 0 Å². The van der Waals surface area contributed by atoms with Gasteiger partial charge in [0.15, 0.2) is 0 Å². The van der Waals surface area contributed by atoms with Crippen LogP contribution in [0.15, 0.2) is 9.59 Å². The number of hydrogen-bond donors (Lipinski definition) is 1. The summed E-state index contributed by atoms with van der Waals surface area (Å²) in [6.07, 6.45) is 2.16. The van der Waals surface area contributed by atoms with Crippen molar-refractivity contribution in [2.45, 2.75) is 12.8 Å². The van der Waals surface area contributed by atoms with Gasteiger partial charge in [-0.2, -0.15) is 4.98 Å². The molecule has 1 fully saturated rings. The minimum Gasteiger partial charge on any atom is -0.342 e. The molecule has 1 N–H and O–H groups in total. The van der Waals surface area contributed by atoms with Gasteiger partial charge in [0.05, 0.1) is 0 Å². The first-order valence-electron chi connectivity index (χ1n) is 4.61. The van der Waals surface area contributed by atoms with Crippen molar-refractivity contribution in [1.29, 1.82) is 0 Å². The Kier molecular flexibility index (Phi) is 2.11. The molecule has 1 aliphatic rings. The second-order valence-corrected chi connectivity index (χ2v) is 3.40. The van der Waals surface area contributed by atoms with Crippen LogP contribution in [0, 0.1) is 0 Å². The van der Waals surface area contributed by atoms with Gasteiger partial charge < -0.3 is 4.90 Å². The highest BCUT2D eigenvalue weighted by atomic mass is 16.2. The first-order valence-corrected chi connectivity index (χ1v) is 4.61. The number of aromatic amines is 1. The van der Waals surface area contributed by atoms with E-state index >= 15 is 0 Å². The maximum Gasteiger partial charge on any atom is 0.354 e. The Morgan fingerprint density at radius 2 is 1.93 bits per heavy atom. The molecule has 1 aromatic heterocycles. The molecule has 0 amide bonds. The van der Waals surface area contributed by atoms with E-state index in [0.717, 1.165) is 30.5 Å².